The molecule has 5 rings (SSSR count). The molecule has 0 bridgehead atoms. The van der Waals surface area contributed by atoms with Crippen molar-refractivity contribution in [3.8, 4) is 11.1 Å². The molecule has 32 heavy (non-hydrogen) atoms. The van der Waals surface area contributed by atoms with Gasteiger partial charge in [0.05, 0.1) is 18.2 Å². The maximum atomic E-state index is 13.4. The molecule has 3 unspecified atom stereocenters. The van der Waals surface area contributed by atoms with E-state index in [-0.39, 0.29) is 23.9 Å². The van der Waals surface area contributed by atoms with E-state index in [9.17, 15) is 4.39 Å². The highest BCUT2D eigenvalue weighted by Gasteiger charge is 2.36. The zero-order valence-corrected chi connectivity index (χ0v) is 18.6. The third-order valence-electron chi connectivity index (χ3n) is 6.61. The second-order valence-electron chi connectivity index (χ2n) is 8.86. The Morgan fingerprint density at radius 1 is 0.969 bits per heavy atom. The van der Waals surface area contributed by atoms with Crippen molar-refractivity contribution < 1.29 is 9.13 Å². The number of ether oxygens (including phenoxy) is 1. The lowest BCUT2D eigenvalue weighted by Gasteiger charge is -2.35. The topological polar surface area (TPSA) is 25.4 Å². The first-order valence-electron chi connectivity index (χ1n) is 11.0. The summed E-state index contributed by atoms with van der Waals surface area (Å²) in [4.78, 5) is 6.83. The van der Waals surface area contributed by atoms with E-state index < -0.39 is 0 Å². The minimum absolute atomic E-state index is 0.0381. The van der Waals surface area contributed by atoms with Crippen molar-refractivity contribution >= 4 is 10.9 Å². The van der Waals surface area contributed by atoms with Crippen LogP contribution in [0.3, 0.4) is 0 Å². The van der Waals surface area contributed by atoms with Crippen molar-refractivity contribution in [1.82, 2.24) is 9.88 Å². The predicted molar refractivity (Wildman–Crippen MR) is 127 cm³/mol. The monoisotopic (exact) mass is 426 g/mol. The van der Waals surface area contributed by atoms with Crippen molar-refractivity contribution in [3.05, 3.63) is 102 Å². The van der Waals surface area contributed by atoms with E-state index in [2.05, 4.69) is 61.2 Å². The molecule has 0 aliphatic carbocycles. The second kappa shape index (κ2) is 8.45. The molecule has 1 aliphatic rings. The molecule has 0 saturated heterocycles. The minimum Gasteiger partial charge on any atom is -0.367 e. The molecule has 1 aromatic heterocycles. The van der Waals surface area contributed by atoms with Crippen LogP contribution in [0, 0.1) is 5.82 Å². The number of rotatable bonds is 5. The normalized spacial score (nSPS) is 17.5. The van der Waals surface area contributed by atoms with Crippen LogP contribution in [0.4, 0.5) is 4.39 Å². The van der Waals surface area contributed by atoms with Gasteiger partial charge in [0, 0.05) is 23.2 Å². The van der Waals surface area contributed by atoms with Gasteiger partial charge in [0.1, 0.15) is 5.82 Å². The average Bonchev–Trinajstić information content (AvgIpc) is 3.22. The Bertz CT molecular complexity index is 1250. The van der Waals surface area contributed by atoms with Gasteiger partial charge in [0.25, 0.3) is 0 Å². The van der Waals surface area contributed by atoms with Crippen molar-refractivity contribution in [1.29, 1.82) is 0 Å². The van der Waals surface area contributed by atoms with E-state index in [4.69, 9.17) is 4.74 Å². The summed E-state index contributed by atoms with van der Waals surface area (Å²) in [6.07, 6.45) is 1.90. The quantitative estimate of drug-likeness (QED) is 0.372. The first-order valence-corrected chi connectivity index (χ1v) is 11.0. The van der Waals surface area contributed by atoms with Crippen LogP contribution >= 0.6 is 0 Å². The summed E-state index contributed by atoms with van der Waals surface area (Å²) in [5, 5.41) is 1.14. The lowest BCUT2D eigenvalue weighted by Crippen LogP contribution is -2.38. The van der Waals surface area contributed by atoms with Crippen LogP contribution in [0.15, 0.2) is 79.0 Å². The van der Waals surface area contributed by atoms with E-state index in [1.807, 2.05) is 36.5 Å². The van der Waals surface area contributed by atoms with Gasteiger partial charge in [-0.15, -0.1) is 0 Å². The van der Waals surface area contributed by atoms with Crippen LogP contribution in [0.25, 0.3) is 22.0 Å². The van der Waals surface area contributed by atoms with E-state index in [1.54, 1.807) is 0 Å². The maximum Gasteiger partial charge on any atom is 0.123 e. The molecule has 0 saturated carbocycles. The first-order chi connectivity index (χ1) is 15.5. The molecule has 0 N–H and O–H groups in total. The highest BCUT2D eigenvalue weighted by molar-refractivity contribution is 5.83. The zero-order valence-electron chi connectivity index (χ0n) is 18.6. The zero-order chi connectivity index (χ0) is 22.2. The Hall–Kier alpha value is -3.08. The molecular formula is C28H27FN2O. The fraction of sp³-hybridized carbons (Fsp3) is 0.250. The van der Waals surface area contributed by atoms with Crippen LogP contribution in [-0.2, 0) is 11.3 Å². The Balaban J connectivity index is 1.46. The molecule has 162 valence electrons. The lowest BCUT2D eigenvalue weighted by atomic mass is 9.85. The molecule has 0 spiro atoms. The van der Waals surface area contributed by atoms with Gasteiger partial charge < -0.3 is 9.64 Å². The largest absolute Gasteiger partial charge is 0.367 e. The van der Waals surface area contributed by atoms with E-state index >= 15 is 0 Å². The first kappa shape index (κ1) is 20.8. The van der Waals surface area contributed by atoms with Crippen LogP contribution in [-0.4, -0.2) is 30.0 Å². The number of fused-ring (bicyclic) bond motifs is 2. The van der Waals surface area contributed by atoms with Crippen LogP contribution in [0.2, 0.25) is 0 Å². The van der Waals surface area contributed by atoms with Gasteiger partial charge in [-0.05, 0) is 72.6 Å². The highest BCUT2D eigenvalue weighted by Crippen LogP contribution is 2.41. The molecular weight excluding hydrogens is 399 g/mol. The molecule has 1 aliphatic heterocycles. The van der Waals surface area contributed by atoms with Crippen LogP contribution < -0.4 is 0 Å². The van der Waals surface area contributed by atoms with Gasteiger partial charge in [-0.2, -0.15) is 0 Å². The lowest BCUT2D eigenvalue weighted by molar-refractivity contribution is -0.0000190. The van der Waals surface area contributed by atoms with Gasteiger partial charge in [0.2, 0.25) is 0 Å². The summed E-state index contributed by atoms with van der Waals surface area (Å²) >= 11 is 0. The van der Waals surface area contributed by atoms with Crippen LogP contribution in [0.1, 0.15) is 35.6 Å². The van der Waals surface area contributed by atoms with E-state index in [0.29, 0.717) is 6.61 Å². The fourth-order valence-electron chi connectivity index (χ4n) is 4.91. The Morgan fingerprint density at radius 2 is 1.75 bits per heavy atom. The molecule has 0 radical (unpaired) electrons. The number of hydrogen-bond donors (Lipinski definition) is 0. The molecule has 3 nitrogen and oxygen atoms in total. The number of hydrogen-bond acceptors (Lipinski definition) is 3. The van der Waals surface area contributed by atoms with Crippen molar-refractivity contribution in [2.24, 2.45) is 0 Å². The maximum absolute atomic E-state index is 13.4. The van der Waals surface area contributed by atoms with Crippen molar-refractivity contribution in [2.75, 3.05) is 14.1 Å². The number of aromatic nitrogens is 1. The number of para-hydroxylation sites is 1. The Kier molecular flexibility index (Phi) is 5.50. The SMILES string of the molecule is CC(c1ccc(F)cc1)C(C1OCc2cc(-c3cnc4ccccc4c3)ccc21)N(C)C. The van der Waals surface area contributed by atoms with Gasteiger partial charge in [-0.1, -0.05) is 49.4 Å². The highest BCUT2D eigenvalue weighted by atomic mass is 19.1. The minimum atomic E-state index is -0.208. The Labute approximate surface area is 188 Å². The molecule has 2 heterocycles. The number of likely N-dealkylation sites (N-methyl/N-ethyl adjacent to an activating group) is 1. The molecule has 0 amide bonds. The molecule has 3 atom stereocenters. The van der Waals surface area contributed by atoms with Gasteiger partial charge in [0.15, 0.2) is 0 Å². The van der Waals surface area contributed by atoms with Gasteiger partial charge in [-0.25, -0.2) is 4.39 Å². The summed E-state index contributed by atoms with van der Waals surface area (Å²) in [5.41, 5.74) is 6.83. The number of halogens is 1. The average molecular weight is 427 g/mol. The molecule has 4 aromatic rings. The van der Waals surface area contributed by atoms with Gasteiger partial charge in [-0.3, -0.25) is 4.98 Å². The van der Waals surface area contributed by atoms with E-state index in [1.165, 1.54) is 23.3 Å². The summed E-state index contributed by atoms with van der Waals surface area (Å²) < 4.78 is 19.8. The van der Waals surface area contributed by atoms with Crippen molar-refractivity contribution in [2.45, 2.75) is 31.6 Å². The summed E-state index contributed by atoms with van der Waals surface area (Å²) in [7, 11) is 4.17. The smallest absolute Gasteiger partial charge is 0.123 e. The van der Waals surface area contributed by atoms with Gasteiger partial charge >= 0.3 is 0 Å². The fourth-order valence-corrected chi connectivity index (χ4v) is 4.91. The number of pyridine rings is 1. The molecule has 0 fully saturated rings. The third-order valence-corrected chi connectivity index (χ3v) is 6.61. The van der Waals surface area contributed by atoms with Crippen molar-refractivity contribution in [3.63, 3.8) is 0 Å². The summed E-state index contributed by atoms with van der Waals surface area (Å²) in [6.45, 7) is 2.78. The Morgan fingerprint density at radius 3 is 2.53 bits per heavy atom. The number of benzene rings is 3. The third kappa shape index (κ3) is 3.81. The number of nitrogens with zero attached hydrogens (tertiary/aromatic N) is 2. The predicted octanol–water partition coefficient (Wildman–Crippen LogP) is 6.35. The molecule has 4 heteroatoms. The van der Waals surface area contributed by atoms with Crippen LogP contribution in [0.5, 0.6) is 0 Å². The standard InChI is InChI=1S/C28H27FN2O/c1-18(19-8-11-24(29)12-9-19)27(31(2)3)28-25-13-10-20(14-23(25)17-32-28)22-15-21-6-4-5-7-26(21)30-16-22/h4-16,18,27-28H,17H2,1-3H3. The summed E-state index contributed by atoms with van der Waals surface area (Å²) in [5.74, 6) is -0.0218. The second-order valence-corrected chi connectivity index (χ2v) is 8.86. The molecule has 3 aromatic carbocycles. The van der Waals surface area contributed by atoms with E-state index in [0.717, 1.165) is 27.6 Å². The summed E-state index contributed by atoms with van der Waals surface area (Å²) in [6, 6.07) is 23.9.